The normalized spacial score (nSPS) is 22.9. The zero-order chi connectivity index (χ0) is 16.3. The molecule has 1 fully saturated rings. The van der Waals surface area contributed by atoms with E-state index in [4.69, 9.17) is 32.7 Å². The number of carbonyl (C=O) groups is 1. The van der Waals surface area contributed by atoms with Gasteiger partial charge in [-0.15, -0.1) is 0 Å². The van der Waals surface area contributed by atoms with Crippen LogP contribution >= 0.6 is 23.2 Å². The smallest absolute Gasteiger partial charge is 0.309 e. The molecule has 0 spiro atoms. The highest BCUT2D eigenvalue weighted by Crippen LogP contribution is 2.29. The summed E-state index contributed by atoms with van der Waals surface area (Å²) in [5, 5.41) is 11.0. The fourth-order valence-corrected chi connectivity index (χ4v) is 2.77. The third-order valence-corrected chi connectivity index (χ3v) is 4.57. The van der Waals surface area contributed by atoms with E-state index in [0.29, 0.717) is 23.1 Å². The fourth-order valence-electron chi connectivity index (χ4n) is 2.45. The van der Waals surface area contributed by atoms with Gasteiger partial charge in [0, 0.05) is 6.42 Å². The van der Waals surface area contributed by atoms with Crippen LogP contribution in [-0.4, -0.2) is 29.9 Å². The average Bonchev–Trinajstić information content (AvgIpc) is 2.85. The lowest BCUT2D eigenvalue weighted by molar-refractivity contribution is -0.150. The van der Waals surface area contributed by atoms with Gasteiger partial charge in [-0.05, 0) is 23.6 Å². The summed E-state index contributed by atoms with van der Waals surface area (Å²) in [7, 11) is 0. The number of benzene rings is 1. The molecule has 1 aliphatic heterocycles. The summed E-state index contributed by atoms with van der Waals surface area (Å²) in [5.74, 6) is -0.167. The van der Waals surface area contributed by atoms with Crippen LogP contribution in [0, 0.1) is 11.8 Å². The SMILES string of the molecule is CC(C)C1CC(C(O)COCc2ccc(Cl)c(Cl)c2)OC1=O. The number of ether oxygens (including phenoxy) is 2. The molecule has 2 rings (SSSR count). The van der Waals surface area contributed by atoms with Crippen molar-refractivity contribution >= 4 is 29.2 Å². The van der Waals surface area contributed by atoms with E-state index in [1.807, 2.05) is 19.9 Å². The second kappa shape index (κ2) is 7.64. The van der Waals surface area contributed by atoms with E-state index >= 15 is 0 Å². The van der Waals surface area contributed by atoms with Crippen LogP contribution in [-0.2, 0) is 20.9 Å². The van der Waals surface area contributed by atoms with E-state index in [1.165, 1.54) is 0 Å². The molecule has 0 bridgehead atoms. The first-order chi connectivity index (χ1) is 10.4. The van der Waals surface area contributed by atoms with Gasteiger partial charge in [0.25, 0.3) is 0 Å². The Hall–Kier alpha value is -0.810. The molecule has 1 saturated heterocycles. The van der Waals surface area contributed by atoms with Gasteiger partial charge in [0.2, 0.25) is 0 Å². The number of aliphatic hydroxyl groups excluding tert-OH is 1. The molecule has 122 valence electrons. The van der Waals surface area contributed by atoms with Crippen molar-refractivity contribution in [2.45, 2.75) is 39.1 Å². The molecule has 0 radical (unpaired) electrons. The Balaban J connectivity index is 1.79. The van der Waals surface area contributed by atoms with Crippen LogP contribution in [0.4, 0.5) is 0 Å². The number of cyclic esters (lactones) is 1. The van der Waals surface area contributed by atoms with Crippen LogP contribution in [0.1, 0.15) is 25.8 Å². The maximum atomic E-state index is 11.7. The Morgan fingerprint density at radius 1 is 1.36 bits per heavy atom. The lowest BCUT2D eigenvalue weighted by atomic mass is 9.91. The second-order valence-corrected chi connectivity index (χ2v) is 6.71. The average molecular weight is 347 g/mol. The van der Waals surface area contributed by atoms with Gasteiger partial charge in [0.05, 0.1) is 29.2 Å². The van der Waals surface area contributed by atoms with Gasteiger partial charge in [-0.1, -0.05) is 43.1 Å². The topological polar surface area (TPSA) is 55.8 Å². The largest absolute Gasteiger partial charge is 0.459 e. The van der Waals surface area contributed by atoms with Gasteiger partial charge in [-0.3, -0.25) is 4.79 Å². The highest BCUT2D eigenvalue weighted by molar-refractivity contribution is 6.42. The summed E-state index contributed by atoms with van der Waals surface area (Å²) in [5.41, 5.74) is 0.866. The van der Waals surface area contributed by atoms with Gasteiger partial charge >= 0.3 is 5.97 Å². The van der Waals surface area contributed by atoms with E-state index in [2.05, 4.69) is 0 Å². The number of hydrogen-bond acceptors (Lipinski definition) is 4. The minimum Gasteiger partial charge on any atom is -0.459 e. The summed E-state index contributed by atoms with van der Waals surface area (Å²) in [6, 6.07) is 5.23. The minimum atomic E-state index is -0.824. The Morgan fingerprint density at radius 2 is 2.09 bits per heavy atom. The van der Waals surface area contributed by atoms with Crippen molar-refractivity contribution in [1.29, 1.82) is 0 Å². The number of carbonyl (C=O) groups excluding carboxylic acids is 1. The van der Waals surface area contributed by atoms with E-state index in [0.717, 1.165) is 5.56 Å². The monoisotopic (exact) mass is 346 g/mol. The highest BCUT2D eigenvalue weighted by atomic mass is 35.5. The first-order valence-electron chi connectivity index (χ1n) is 7.28. The Bertz CT molecular complexity index is 533. The van der Waals surface area contributed by atoms with Crippen molar-refractivity contribution in [2.75, 3.05) is 6.61 Å². The molecule has 1 aromatic carbocycles. The third kappa shape index (κ3) is 4.35. The number of halogens is 2. The first kappa shape index (κ1) is 17.5. The first-order valence-corrected chi connectivity index (χ1v) is 8.04. The minimum absolute atomic E-state index is 0.100. The van der Waals surface area contributed by atoms with E-state index in [9.17, 15) is 9.90 Å². The van der Waals surface area contributed by atoms with Crippen LogP contribution < -0.4 is 0 Å². The molecule has 0 amide bonds. The van der Waals surface area contributed by atoms with Crippen molar-refractivity contribution in [3.05, 3.63) is 33.8 Å². The van der Waals surface area contributed by atoms with Crippen molar-refractivity contribution in [2.24, 2.45) is 11.8 Å². The van der Waals surface area contributed by atoms with Crippen molar-refractivity contribution in [3.8, 4) is 0 Å². The standard InChI is InChI=1S/C16H20Cl2O4/c1-9(2)11-6-15(22-16(11)20)14(19)8-21-7-10-3-4-12(17)13(18)5-10/h3-5,9,11,14-15,19H,6-8H2,1-2H3. The van der Waals surface area contributed by atoms with E-state index in [1.54, 1.807) is 12.1 Å². The fraction of sp³-hybridized carbons (Fsp3) is 0.562. The molecule has 0 aliphatic carbocycles. The van der Waals surface area contributed by atoms with Crippen molar-refractivity contribution < 1.29 is 19.4 Å². The molecule has 1 heterocycles. The highest BCUT2D eigenvalue weighted by Gasteiger charge is 2.39. The van der Waals surface area contributed by atoms with Gasteiger partial charge < -0.3 is 14.6 Å². The molecule has 3 atom stereocenters. The molecular formula is C16H20Cl2O4. The van der Waals surface area contributed by atoms with E-state index < -0.39 is 12.2 Å². The maximum Gasteiger partial charge on any atom is 0.309 e. The van der Waals surface area contributed by atoms with Gasteiger partial charge in [0.15, 0.2) is 0 Å². The predicted octanol–water partition coefficient (Wildman–Crippen LogP) is 3.46. The maximum absolute atomic E-state index is 11.7. The number of aliphatic hydroxyl groups is 1. The molecule has 6 heteroatoms. The third-order valence-electron chi connectivity index (χ3n) is 3.83. The molecule has 1 aromatic rings. The lowest BCUT2D eigenvalue weighted by Gasteiger charge is -2.17. The molecule has 22 heavy (non-hydrogen) atoms. The number of esters is 1. The predicted molar refractivity (Wildman–Crippen MR) is 84.9 cm³/mol. The molecule has 0 saturated carbocycles. The van der Waals surface area contributed by atoms with Crippen LogP contribution in [0.15, 0.2) is 18.2 Å². The van der Waals surface area contributed by atoms with Crippen LogP contribution in [0.2, 0.25) is 10.0 Å². The summed E-state index contributed by atoms with van der Waals surface area (Å²) in [6.45, 7) is 4.36. The Labute approximate surface area is 140 Å². The van der Waals surface area contributed by atoms with Crippen molar-refractivity contribution in [3.63, 3.8) is 0 Å². The zero-order valence-electron chi connectivity index (χ0n) is 12.6. The Kier molecular flexibility index (Phi) is 6.09. The molecule has 3 unspecified atom stereocenters. The van der Waals surface area contributed by atoms with Crippen LogP contribution in [0.25, 0.3) is 0 Å². The molecular weight excluding hydrogens is 327 g/mol. The van der Waals surface area contributed by atoms with Crippen LogP contribution in [0.3, 0.4) is 0 Å². The number of rotatable bonds is 6. The molecule has 1 aliphatic rings. The molecule has 1 N–H and O–H groups in total. The van der Waals surface area contributed by atoms with Gasteiger partial charge in [0.1, 0.15) is 12.2 Å². The quantitative estimate of drug-likeness (QED) is 0.801. The summed E-state index contributed by atoms with van der Waals surface area (Å²) in [6.07, 6.45) is -0.780. The van der Waals surface area contributed by atoms with Gasteiger partial charge in [-0.25, -0.2) is 0 Å². The second-order valence-electron chi connectivity index (χ2n) is 5.89. The summed E-state index contributed by atoms with van der Waals surface area (Å²) in [4.78, 5) is 11.7. The summed E-state index contributed by atoms with van der Waals surface area (Å²) >= 11 is 11.8. The molecule has 4 nitrogen and oxygen atoms in total. The molecule has 0 aromatic heterocycles. The van der Waals surface area contributed by atoms with E-state index in [-0.39, 0.29) is 24.4 Å². The van der Waals surface area contributed by atoms with Gasteiger partial charge in [-0.2, -0.15) is 0 Å². The Morgan fingerprint density at radius 3 is 2.68 bits per heavy atom. The van der Waals surface area contributed by atoms with Crippen molar-refractivity contribution in [1.82, 2.24) is 0 Å². The summed E-state index contributed by atoms with van der Waals surface area (Å²) < 4.78 is 10.7. The number of hydrogen-bond donors (Lipinski definition) is 1. The zero-order valence-corrected chi connectivity index (χ0v) is 14.1. The van der Waals surface area contributed by atoms with Crippen LogP contribution in [0.5, 0.6) is 0 Å². The lowest BCUT2D eigenvalue weighted by Crippen LogP contribution is -2.30.